The zero-order valence-corrected chi connectivity index (χ0v) is 16.1. The van der Waals surface area contributed by atoms with Gasteiger partial charge in [-0.3, -0.25) is 9.89 Å². The molecule has 1 aliphatic heterocycles. The van der Waals surface area contributed by atoms with Gasteiger partial charge in [0.15, 0.2) is 5.96 Å². The fraction of sp³-hybridized carbons (Fsp3) is 0.500. The lowest BCUT2D eigenvalue weighted by molar-refractivity contribution is 0.254. The van der Waals surface area contributed by atoms with Crippen LogP contribution in [0.25, 0.3) is 0 Å². The minimum atomic E-state index is 0.812. The Morgan fingerprint density at radius 2 is 2.00 bits per heavy atom. The highest BCUT2D eigenvalue weighted by atomic mass is 32.1. The van der Waals surface area contributed by atoms with Gasteiger partial charge in [0, 0.05) is 58.7 Å². The number of aliphatic imine (C=N–C) groups is 1. The van der Waals surface area contributed by atoms with Crippen molar-refractivity contribution in [1.82, 2.24) is 25.5 Å². The first-order valence-corrected chi connectivity index (χ1v) is 9.99. The number of thiophene rings is 1. The minimum Gasteiger partial charge on any atom is -0.356 e. The van der Waals surface area contributed by atoms with Gasteiger partial charge >= 0.3 is 0 Å². The summed E-state index contributed by atoms with van der Waals surface area (Å²) in [6.07, 6.45) is 4.71. The summed E-state index contributed by atoms with van der Waals surface area (Å²) in [7, 11) is 1.81. The predicted molar refractivity (Wildman–Crippen MR) is 108 cm³/mol. The lowest BCUT2D eigenvalue weighted by Crippen LogP contribution is -2.47. The molecule has 2 aromatic heterocycles. The van der Waals surface area contributed by atoms with Crippen LogP contribution in [-0.2, 0) is 6.54 Å². The largest absolute Gasteiger partial charge is 0.356 e. The van der Waals surface area contributed by atoms with Crippen LogP contribution in [0.3, 0.4) is 0 Å². The van der Waals surface area contributed by atoms with E-state index in [0.717, 1.165) is 64.1 Å². The van der Waals surface area contributed by atoms with Crippen molar-refractivity contribution in [3.63, 3.8) is 0 Å². The van der Waals surface area contributed by atoms with E-state index in [9.17, 15) is 0 Å². The molecular weight excluding hydrogens is 346 g/mol. The van der Waals surface area contributed by atoms with Crippen molar-refractivity contribution in [2.75, 3.05) is 51.2 Å². The van der Waals surface area contributed by atoms with Gasteiger partial charge in [-0.15, -0.1) is 0 Å². The molecule has 0 spiro atoms. The number of piperazine rings is 1. The highest BCUT2D eigenvalue weighted by Gasteiger charge is 2.18. The second-order valence-electron chi connectivity index (χ2n) is 6.22. The highest BCUT2D eigenvalue weighted by molar-refractivity contribution is 7.07. The van der Waals surface area contributed by atoms with Crippen molar-refractivity contribution in [1.29, 1.82) is 0 Å². The van der Waals surface area contributed by atoms with Crippen LogP contribution in [-0.4, -0.2) is 67.1 Å². The Morgan fingerprint density at radius 3 is 2.69 bits per heavy atom. The molecule has 3 heterocycles. The zero-order chi connectivity index (χ0) is 18.0. The van der Waals surface area contributed by atoms with E-state index in [1.54, 1.807) is 23.7 Å². The molecule has 0 atom stereocenters. The number of anilines is 1. The van der Waals surface area contributed by atoms with Gasteiger partial charge in [-0.1, -0.05) is 0 Å². The van der Waals surface area contributed by atoms with Crippen molar-refractivity contribution in [3.05, 3.63) is 40.8 Å². The molecule has 0 aromatic carbocycles. The van der Waals surface area contributed by atoms with E-state index in [1.807, 2.05) is 13.1 Å². The van der Waals surface area contributed by atoms with Crippen molar-refractivity contribution < 1.29 is 0 Å². The molecule has 0 amide bonds. The van der Waals surface area contributed by atoms with Gasteiger partial charge in [0.1, 0.15) is 0 Å². The average molecular weight is 374 g/mol. The van der Waals surface area contributed by atoms with Crippen LogP contribution in [0.5, 0.6) is 0 Å². The summed E-state index contributed by atoms with van der Waals surface area (Å²) in [4.78, 5) is 17.7. The summed E-state index contributed by atoms with van der Waals surface area (Å²) in [5.41, 5.74) is 1.29. The number of rotatable bonds is 7. The fourth-order valence-corrected chi connectivity index (χ4v) is 3.60. The van der Waals surface area contributed by atoms with Gasteiger partial charge in [0.2, 0.25) is 5.95 Å². The molecule has 0 saturated carbocycles. The Labute approximate surface area is 159 Å². The van der Waals surface area contributed by atoms with Crippen LogP contribution in [0.4, 0.5) is 5.95 Å². The second-order valence-corrected chi connectivity index (χ2v) is 7.00. The van der Waals surface area contributed by atoms with E-state index in [1.165, 1.54) is 5.56 Å². The van der Waals surface area contributed by atoms with Crippen molar-refractivity contribution >= 4 is 23.2 Å². The molecule has 0 bridgehead atoms. The van der Waals surface area contributed by atoms with Gasteiger partial charge in [-0.25, -0.2) is 9.97 Å². The second kappa shape index (κ2) is 10.1. The Balaban J connectivity index is 1.29. The molecule has 26 heavy (non-hydrogen) atoms. The maximum absolute atomic E-state index is 4.33. The maximum atomic E-state index is 4.33. The molecule has 2 aromatic rings. The molecule has 7 nitrogen and oxygen atoms in total. The number of aromatic nitrogens is 2. The smallest absolute Gasteiger partial charge is 0.225 e. The highest BCUT2D eigenvalue weighted by Crippen LogP contribution is 2.09. The Hall–Kier alpha value is -2.19. The Bertz CT molecular complexity index is 651. The van der Waals surface area contributed by atoms with E-state index in [-0.39, 0.29) is 0 Å². The van der Waals surface area contributed by atoms with E-state index in [2.05, 4.69) is 52.2 Å². The third-order valence-corrected chi connectivity index (χ3v) is 5.15. The number of hydrogen-bond donors (Lipinski definition) is 2. The summed E-state index contributed by atoms with van der Waals surface area (Å²) in [6.45, 7) is 6.92. The van der Waals surface area contributed by atoms with E-state index < -0.39 is 0 Å². The lowest BCUT2D eigenvalue weighted by Gasteiger charge is -2.34. The third-order valence-electron chi connectivity index (χ3n) is 4.41. The molecule has 3 rings (SSSR count). The first-order valence-electron chi connectivity index (χ1n) is 9.05. The van der Waals surface area contributed by atoms with Crippen LogP contribution in [0.15, 0.2) is 40.3 Å². The van der Waals surface area contributed by atoms with Crippen molar-refractivity contribution in [2.24, 2.45) is 4.99 Å². The molecule has 0 aliphatic carbocycles. The quantitative estimate of drug-likeness (QED) is 0.435. The molecule has 1 saturated heterocycles. The van der Waals surface area contributed by atoms with Crippen LogP contribution < -0.4 is 15.5 Å². The maximum Gasteiger partial charge on any atom is 0.225 e. The predicted octanol–water partition coefficient (Wildman–Crippen LogP) is 1.42. The summed E-state index contributed by atoms with van der Waals surface area (Å²) >= 11 is 1.72. The summed E-state index contributed by atoms with van der Waals surface area (Å²) < 4.78 is 0. The monoisotopic (exact) mass is 373 g/mol. The first-order chi connectivity index (χ1) is 12.8. The van der Waals surface area contributed by atoms with Crippen LogP contribution in [0, 0.1) is 0 Å². The minimum absolute atomic E-state index is 0.812. The topological polar surface area (TPSA) is 68.7 Å². The van der Waals surface area contributed by atoms with E-state index in [0.29, 0.717) is 0 Å². The molecular formula is C18H27N7S. The number of hydrogen-bond acceptors (Lipinski definition) is 6. The van der Waals surface area contributed by atoms with Crippen LogP contribution >= 0.6 is 11.3 Å². The average Bonchev–Trinajstić information content (AvgIpc) is 3.22. The van der Waals surface area contributed by atoms with Crippen molar-refractivity contribution in [3.8, 4) is 0 Å². The SMILES string of the molecule is CN=C(NCCCN1CCN(c2ncccn2)CC1)NCc1ccsc1. The molecule has 1 fully saturated rings. The van der Waals surface area contributed by atoms with Crippen LogP contribution in [0.1, 0.15) is 12.0 Å². The van der Waals surface area contributed by atoms with Gasteiger partial charge < -0.3 is 15.5 Å². The van der Waals surface area contributed by atoms with Gasteiger partial charge in [0.25, 0.3) is 0 Å². The number of nitrogens with zero attached hydrogens (tertiary/aromatic N) is 5. The Morgan fingerprint density at radius 1 is 1.19 bits per heavy atom. The third kappa shape index (κ3) is 5.67. The summed E-state index contributed by atoms with van der Waals surface area (Å²) in [6, 6.07) is 3.99. The standard InChI is InChI=1S/C18H27N7S/c1-19-17(23-14-16-4-13-26-15-16)20-7-3-8-24-9-11-25(12-10-24)18-21-5-2-6-22-18/h2,4-6,13,15H,3,7-12,14H2,1H3,(H2,19,20,23). The van der Waals surface area contributed by atoms with Gasteiger partial charge in [-0.2, -0.15) is 11.3 Å². The zero-order valence-electron chi connectivity index (χ0n) is 15.3. The molecule has 8 heteroatoms. The number of guanidine groups is 1. The normalized spacial score (nSPS) is 15.9. The van der Waals surface area contributed by atoms with Crippen LogP contribution in [0.2, 0.25) is 0 Å². The molecule has 2 N–H and O–H groups in total. The summed E-state index contributed by atoms with van der Waals surface area (Å²) in [5, 5.41) is 11.0. The van der Waals surface area contributed by atoms with Crippen molar-refractivity contribution in [2.45, 2.75) is 13.0 Å². The Kier molecular flexibility index (Phi) is 7.21. The molecule has 140 valence electrons. The van der Waals surface area contributed by atoms with Gasteiger partial charge in [-0.05, 0) is 41.4 Å². The lowest BCUT2D eigenvalue weighted by atomic mass is 10.3. The molecule has 0 radical (unpaired) electrons. The molecule has 1 aliphatic rings. The van der Waals surface area contributed by atoms with Gasteiger partial charge in [0.05, 0.1) is 0 Å². The van der Waals surface area contributed by atoms with E-state index in [4.69, 9.17) is 0 Å². The van der Waals surface area contributed by atoms with E-state index >= 15 is 0 Å². The first kappa shape index (κ1) is 18.6. The number of nitrogens with one attached hydrogen (secondary N) is 2. The summed E-state index contributed by atoms with van der Waals surface area (Å²) in [5.74, 6) is 1.71. The molecule has 0 unspecified atom stereocenters. The fourth-order valence-electron chi connectivity index (χ4n) is 2.94.